The Hall–Kier alpha value is -0.850. The first-order valence-corrected chi connectivity index (χ1v) is 7.82. The molecule has 4 nitrogen and oxygen atoms in total. The van der Waals surface area contributed by atoms with Gasteiger partial charge in [0, 0.05) is 11.1 Å². The van der Waals surface area contributed by atoms with E-state index in [2.05, 4.69) is 4.72 Å². The maximum Gasteiger partial charge on any atom is 0.243 e. The molecule has 0 radical (unpaired) electrons. The predicted molar refractivity (Wildman–Crippen MR) is 75.1 cm³/mol. The third kappa shape index (κ3) is 3.81. The second-order valence-corrected chi connectivity index (χ2v) is 6.81. The van der Waals surface area contributed by atoms with Crippen LogP contribution in [0.4, 0.5) is 10.1 Å². The van der Waals surface area contributed by atoms with Crippen molar-refractivity contribution >= 4 is 27.3 Å². The molecule has 0 saturated carbocycles. The van der Waals surface area contributed by atoms with Gasteiger partial charge in [-0.25, -0.2) is 17.5 Å². The zero-order chi connectivity index (χ0) is 14.8. The van der Waals surface area contributed by atoms with Gasteiger partial charge in [0.15, 0.2) is 5.82 Å². The zero-order valence-corrected chi connectivity index (χ0v) is 12.6. The van der Waals surface area contributed by atoms with Crippen LogP contribution in [0.5, 0.6) is 0 Å². The van der Waals surface area contributed by atoms with E-state index in [1.807, 2.05) is 20.8 Å². The van der Waals surface area contributed by atoms with Gasteiger partial charge in [-0.1, -0.05) is 32.4 Å². The largest absolute Gasteiger partial charge is 0.396 e. The summed E-state index contributed by atoms with van der Waals surface area (Å²) in [5, 5.41) is 0.0804. The van der Waals surface area contributed by atoms with Crippen molar-refractivity contribution in [2.45, 2.75) is 38.1 Å². The third-order valence-electron chi connectivity index (χ3n) is 2.87. The zero-order valence-electron chi connectivity index (χ0n) is 11.1. The quantitative estimate of drug-likeness (QED) is 0.822. The van der Waals surface area contributed by atoms with Crippen molar-refractivity contribution in [3.05, 3.63) is 23.0 Å². The molecule has 1 aromatic rings. The Morgan fingerprint density at radius 3 is 2.47 bits per heavy atom. The Kier molecular flexibility index (Phi) is 5.18. The molecular weight excluding hydrogens is 291 g/mol. The summed E-state index contributed by atoms with van der Waals surface area (Å²) in [7, 11) is -3.98. The van der Waals surface area contributed by atoms with Gasteiger partial charge < -0.3 is 5.73 Å². The van der Waals surface area contributed by atoms with Gasteiger partial charge in [-0.3, -0.25) is 0 Å². The van der Waals surface area contributed by atoms with Crippen molar-refractivity contribution in [1.82, 2.24) is 4.72 Å². The summed E-state index contributed by atoms with van der Waals surface area (Å²) < 4.78 is 40.6. The molecular formula is C12H18ClFN2O2S. The minimum absolute atomic E-state index is 0.0804. The number of halogens is 2. The van der Waals surface area contributed by atoms with Crippen molar-refractivity contribution in [2.75, 3.05) is 5.73 Å². The molecule has 0 aliphatic rings. The number of hydrogen-bond acceptors (Lipinski definition) is 3. The molecule has 1 atom stereocenters. The minimum Gasteiger partial charge on any atom is -0.396 e. The maximum absolute atomic E-state index is 13.8. The number of anilines is 1. The molecule has 7 heteroatoms. The van der Waals surface area contributed by atoms with Crippen LogP contribution in [0.3, 0.4) is 0 Å². The van der Waals surface area contributed by atoms with Gasteiger partial charge in [0.1, 0.15) is 4.90 Å². The smallest absolute Gasteiger partial charge is 0.243 e. The van der Waals surface area contributed by atoms with Crippen LogP contribution >= 0.6 is 11.6 Å². The van der Waals surface area contributed by atoms with Crippen LogP contribution in [0.2, 0.25) is 5.02 Å². The van der Waals surface area contributed by atoms with E-state index < -0.39 is 20.7 Å². The maximum atomic E-state index is 13.8. The monoisotopic (exact) mass is 308 g/mol. The minimum atomic E-state index is -3.98. The summed E-state index contributed by atoms with van der Waals surface area (Å²) in [5.41, 5.74) is 5.10. The number of nitrogens with one attached hydrogen (secondary N) is 1. The van der Waals surface area contributed by atoms with Crippen LogP contribution in [0.1, 0.15) is 27.2 Å². The van der Waals surface area contributed by atoms with Crippen LogP contribution in [0.15, 0.2) is 17.0 Å². The molecule has 3 N–H and O–H groups in total. The van der Waals surface area contributed by atoms with Gasteiger partial charge in [0.25, 0.3) is 0 Å². The van der Waals surface area contributed by atoms with E-state index in [1.165, 1.54) is 6.07 Å². The molecule has 0 aliphatic heterocycles. The Balaban J connectivity index is 3.21. The van der Waals surface area contributed by atoms with Gasteiger partial charge in [-0.05, 0) is 24.5 Å². The molecule has 0 aliphatic carbocycles. The number of nitrogens with two attached hydrogens (primary N) is 1. The third-order valence-corrected chi connectivity index (χ3v) is 4.58. The fraction of sp³-hybridized carbons (Fsp3) is 0.500. The summed E-state index contributed by atoms with van der Waals surface area (Å²) >= 11 is 5.72. The summed E-state index contributed by atoms with van der Waals surface area (Å²) in [6, 6.07) is 1.96. The van der Waals surface area contributed by atoms with Crippen molar-refractivity contribution in [1.29, 1.82) is 0 Å². The Labute approximate surface area is 118 Å². The van der Waals surface area contributed by atoms with E-state index in [0.29, 0.717) is 6.42 Å². The van der Waals surface area contributed by atoms with Gasteiger partial charge in [-0.2, -0.15) is 0 Å². The summed E-state index contributed by atoms with van der Waals surface area (Å²) in [6.07, 6.45) is 0.606. The summed E-state index contributed by atoms with van der Waals surface area (Å²) in [5.74, 6) is -0.880. The molecule has 108 valence electrons. The average Bonchev–Trinajstić information content (AvgIpc) is 2.30. The Morgan fingerprint density at radius 2 is 2.00 bits per heavy atom. The first kappa shape index (κ1) is 16.2. The lowest BCUT2D eigenvalue weighted by atomic mass is 10.0. The van der Waals surface area contributed by atoms with E-state index in [0.717, 1.165) is 6.07 Å². The molecule has 0 fully saturated rings. The number of rotatable bonds is 5. The Bertz CT molecular complexity index is 561. The summed E-state index contributed by atoms with van der Waals surface area (Å²) in [4.78, 5) is -0.517. The van der Waals surface area contributed by atoms with Crippen molar-refractivity contribution in [3.63, 3.8) is 0 Å². The number of nitrogen functional groups attached to an aromatic ring is 1. The van der Waals surface area contributed by atoms with Crippen LogP contribution in [-0.4, -0.2) is 14.5 Å². The molecule has 0 saturated heterocycles. The second kappa shape index (κ2) is 6.07. The fourth-order valence-electron chi connectivity index (χ4n) is 1.73. The molecule has 0 bridgehead atoms. The highest BCUT2D eigenvalue weighted by Gasteiger charge is 2.25. The predicted octanol–water partition coefficient (Wildman–Crippen LogP) is 2.77. The van der Waals surface area contributed by atoms with E-state index >= 15 is 0 Å². The van der Waals surface area contributed by atoms with Crippen molar-refractivity contribution in [3.8, 4) is 0 Å². The number of sulfonamides is 1. The number of hydrogen-bond donors (Lipinski definition) is 2. The topological polar surface area (TPSA) is 72.2 Å². The van der Waals surface area contributed by atoms with Crippen molar-refractivity contribution < 1.29 is 12.8 Å². The molecule has 0 heterocycles. The molecule has 1 aromatic carbocycles. The van der Waals surface area contributed by atoms with E-state index in [-0.39, 0.29) is 22.7 Å². The number of benzene rings is 1. The molecule has 0 amide bonds. The molecule has 1 unspecified atom stereocenters. The van der Waals surface area contributed by atoms with Gasteiger partial charge >= 0.3 is 0 Å². The Morgan fingerprint density at radius 1 is 1.42 bits per heavy atom. The highest BCUT2D eigenvalue weighted by Crippen LogP contribution is 2.25. The molecule has 0 spiro atoms. The normalized spacial score (nSPS) is 13.8. The van der Waals surface area contributed by atoms with Crippen LogP contribution in [0.25, 0.3) is 0 Å². The molecule has 0 aromatic heterocycles. The van der Waals surface area contributed by atoms with Crippen LogP contribution in [-0.2, 0) is 10.0 Å². The molecule has 19 heavy (non-hydrogen) atoms. The van der Waals surface area contributed by atoms with Gasteiger partial charge in [0.05, 0.1) is 5.69 Å². The van der Waals surface area contributed by atoms with E-state index in [1.54, 1.807) is 0 Å². The standard InChI is InChI=1S/C12H18ClFN2O2S/c1-4-10(7(2)3)16-19(17,18)11-6-8(13)5-9(15)12(11)14/h5-7,10,16H,4,15H2,1-3H3. The van der Waals surface area contributed by atoms with E-state index in [9.17, 15) is 12.8 Å². The lowest BCUT2D eigenvalue weighted by molar-refractivity contribution is 0.435. The molecule has 1 rings (SSSR count). The highest BCUT2D eigenvalue weighted by atomic mass is 35.5. The summed E-state index contributed by atoms with van der Waals surface area (Å²) in [6.45, 7) is 5.63. The van der Waals surface area contributed by atoms with Gasteiger partial charge in [0.2, 0.25) is 10.0 Å². The van der Waals surface area contributed by atoms with E-state index in [4.69, 9.17) is 17.3 Å². The first-order valence-electron chi connectivity index (χ1n) is 5.95. The van der Waals surface area contributed by atoms with Crippen LogP contribution in [0, 0.1) is 11.7 Å². The fourth-order valence-corrected chi connectivity index (χ4v) is 3.63. The average molecular weight is 309 g/mol. The van der Waals surface area contributed by atoms with Crippen LogP contribution < -0.4 is 10.5 Å². The highest BCUT2D eigenvalue weighted by molar-refractivity contribution is 7.89. The first-order chi connectivity index (χ1) is 8.69. The second-order valence-electron chi connectivity index (χ2n) is 4.69. The lowest BCUT2D eigenvalue weighted by Gasteiger charge is -2.21. The lowest BCUT2D eigenvalue weighted by Crippen LogP contribution is -2.38. The van der Waals surface area contributed by atoms with Crippen molar-refractivity contribution in [2.24, 2.45) is 5.92 Å². The van der Waals surface area contributed by atoms with Gasteiger partial charge in [-0.15, -0.1) is 0 Å². The SMILES string of the molecule is CCC(NS(=O)(=O)c1cc(Cl)cc(N)c1F)C(C)C.